The Morgan fingerprint density at radius 2 is 2.10 bits per heavy atom. The zero-order chi connectivity index (χ0) is 14.4. The topological polar surface area (TPSA) is 96.4 Å². The minimum atomic E-state index is -0.281. The average Bonchev–Trinajstić information content (AvgIpc) is 2.49. The van der Waals surface area contributed by atoms with Gasteiger partial charge in [-0.2, -0.15) is 0 Å². The predicted octanol–water partition coefficient (Wildman–Crippen LogP) is 1.16. The molecule has 2 rings (SSSR count). The van der Waals surface area contributed by atoms with E-state index in [1.54, 1.807) is 12.1 Å². The summed E-state index contributed by atoms with van der Waals surface area (Å²) in [7, 11) is 1.51. The molecular weight excluding hydrogens is 260 g/mol. The SMILES string of the molecule is COc1ccc(NC(=O)NC2CCC(CO)CC2)nn1. The van der Waals surface area contributed by atoms with Gasteiger partial charge in [0.1, 0.15) is 0 Å². The molecule has 0 aliphatic heterocycles. The van der Waals surface area contributed by atoms with Crippen molar-refractivity contribution in [3.63, 3.8) is 0 Å². The van der Waals surface area contributed by atoms with Crippen LogP contribution in [-0.4, -0.2) is 41.1 Å². The number of urea groups is 1. The summed E-state index contributed by atoms with van der Waals surface area (Å²) in [5.74, 6) is 1.16. The summed E-state index contributed by atoms with van der Waals surface area (Å²) >= 11 is 0. The second-order valence-electron chi connectivity index (χ2n) is 4.96. The Bertz CT molecular complexity index is 430. The lowest BCUT2D eigenvalue weighted by molar-refractivity contribution is 0.176. The van der Waals surface area contributed by atoms with E-state index < -0.39 is 0 Å². The molecule has 1 heterocycles. The first-order valence-electron chi connectivity index (χ1n) is 6.77. The quantitative estimate of drug-likeness (QED) is 0.769. The van der Waals surface area contributed by atoms with Gasteiger partial charge in [0, 0.05) is 18.7 Å². The molecule has 0 aromatic carbocycles. The van der Waals surface area contributed by atoms with Crippen LogP contribution in [0.2, 0.25) is 0 Å². The largest absolute Gasteiger partial charge is 0.480 e. The van der Waals surface area contributed by atoms with Crippen LogP contribution in [0.25, 0.3) is 0 Å². The van der Waals surface area contributed by atoms with E-state index in [2.05, 4.69) is 20.8 Å². The van der Waals surface area contributed by atoms with Crippen LogP contribution in [0.1, 0.15) is 25.7 Å². The summed E-state index contributed by atoms with van der Waals surface area (Å²) in [4.78, 5) is 11.8. The number of hydrogen-bond acceptors (Lipinski definition) is 5. The molecule has 0 unspecified atom stereocenters. The van der Waals surface area contributed by atoms with Gasteiger partial charge in [-0.15, -0.1) is 10.2 Å². The van der Waals surface area contributed by atoms with E-state index in [-0.39, 0.29) is 18.7 Å². The molecule has 1 aromatic rings. The molecule has 0 radical (unpaired) electrons. The van der Waals surface area contributed by atoms with Gasteiger partial charge in [0.2, 0.25) is 5.88 Å². The van der Waals surface area contributed by atoms with Crippen LogP contribution in [0.5, 0.6) is 5.88 Å². The molecule has 1 saturated carbocycles. The predicted molar refractivity (Wildman–Crippen MR) is 73.6 cm³/mol. The fourth-order valence-corrected chi connectivity index (χ4v) is 2.32. The standard InChI is InChI=1S/C13H20N4O3/c1-20-12-7-6-11(16-17-12)15-13(19)14-10-4-2-9(8-18)3-5-10/h6-7,9-10,18H,2-5,8H2,1H3,(H2,14,15,16,19). The number of nitrogens with zero attached hydrogens (tertiary/aromatic N) is 2. The van der Waals surface area contributed by atoms with Crippen LogP contribution in [0.4, 0.5) is 10.6 Å². The Morgan fingerprint density at radius 3 is 2.65 bits per heavy atom. The highest BCUT2D eigenvalue weighted by atomic mass is 16.5. The molecule has 7 heteroatoms. The zero-order valence-electron chi connectivity index (χ0n) is 11.5. The number of amides is 2. The molecule has 7 nitrogen and oxygen atoms in total. The van der Waals surface area contributed by atoms with E-state index in [1.807, 2.05) is 0 Å². The van der Waals surface area contributed by atoms with E-state index in [0.29, 0.717) is 17.6 Å². The van der Waals surface area contributed by atoms with Gasteiger partial charge in [-0.25, -0.2) is 4.79 Å². The summed E-state index contributed by atoms with van der Waals surface area (Å²) in [6.45, 7) is 0.236. The lowest BCUT2D eigenvalue weighted by Crippen LogP contribution is -2.40. The van der Waals surface area contributed by atoms with E-state index in [0.717, 1.165) is 25.7 Å². The highest BCUT2D eigenvalue weighted by Gasteiger charge is 2.21. The smallest absolute Gasteiger partial charge is 0.320 e. The van der Waals surface area contributed by atoms with Gasteiger partial charge in [0.15, 0.2) is 5.82 Å². The van der Waals surface area contributed by atoms with Crippen LogP contribution in [0.15, 0.2) is 12.1 Å². The zero-order valence-corrected chi connectivity index (χ0v) is 11.5. The molecule has 1 fully saturated rings. The number of methoxy groups -OCH3 is 1. The second kappa shape index (κ2) is 7.04. The minimum Gasteiger partial charge on any atom is -0.480 e. The van der Waals surface area contributed by atoms with Crippen molar-refractivity contribution in [2.45, 2.75) is 31.7 Å². The Hall–Kier alpha value is -1.89. The highest BCUT2D eigenvalue weighted by molar-refractivity contribution is 5.88. The number of rotatable bonds is 4. The van der Waals surface area contributed by atoms with Gasteiger partial charge in [-0.05, 0) is 37.7 Å². The maximum atomic E-state index is 11.8. The van der Waals surface area contributed by atoms with Crippen LogP contribution >= 0.6 is 0 Å². The normalized spacial score (nSPS) is 22.1. The Morgan fingerprint density at radius 1 is 1.35 bits per heavy atom. The Labute approximate surface area is 117 Å². The molecule has 0 bridgehead atoms. The van der Waals surface area contributed by atoms with Gasteiger partial charge in [-0.1, -0.05) is 0 Å². The number of carbonyl (C=O) groups excluding carboxylic acids is 1. The maximum Gasteiger partial charge on any atom is 0.320 e. The van der Waals surface area contributed by atoms with Gasteiger partial charge < -0.3 is 15.2 Å². The highest BCUT2D eigenvalue weighted by Crippen LogP contribution is 2.23. The van der Waals surface area contributed by atoms with E-state index in [1.165, 1.54) is 7.11 Å². The lowest BCUT2D eigenvalue weighted by atomic mass is 9.87. The summed E-state index contributed by atoms with van der Waals surface area (Å²) in [6.07, 6.45) is 3.69. The van der Waals surface area contributed by atoms with Crippen molar-refractivity contribution in [1.82, 2.24) is 15.5 Å². The maximum absolute atomic E-state index is 11.8. The fourth-order valence-electron chi connectivity index (χ4n) is 2.32. The first-order chi connectivity index (χ1) is 9.71. The van der Waals surface area contributed by atoms with Crippen molar-refractivity contribution in [2.75, 3.05) is 19.0 Å². The molecular formula is C13H20N4O3. The molecule has 1 aliphatic carbocycles. The number of aromatic nitrogens is 2. The summed E-state index contributed by atoms with van der Waals surface area (Å²) < 4.78 is 4.89. The third-order valence-electron chi connectivity index (χ3n) is 3.53. The summed E-state index contributed by atoms with van der Waals surface area (Å²) in [5.41, 5.74) is 0. The van der Waals surface area contributed by atoms with Crippen molar-refractivity contribution in [2.24, 2.45) is 5.92 Å². The van der Waals surface area contributed by atoms with E-state index in [9.17, 15) is 4.79 Å². The average molecular weight is 280 g/mol. The molecule has 2 amide bonds. The molecule has 20 heavy (non-hydrogen) atoms. The first kappa shape index (κ1) is 14.5. The van der Waals surface area contributed by atoms with Crippen molar-refractivity contribution < 1.29 is 14.6 Å². The van der Waals surface area contributed by atoms with Crippen LogP contribution in [0.3, 0.4) is 0 Å². The third-order valence-corrected chi connectivity index (χ3v) is 3.53. The first-order valence-corrected chi connectivity index (χ1v) is 6.77. The molecule has 110 valence electrons. The number of aliphatic hydroxyl groups is 1. The summed E-state index contributed by atoms with van der Waals surface area (Å²) in [5, 5.41) is 22.2. The van der Waals surface area contributed by atoms with Gasteiger partial charge in [0.25, 0.3) is 0 Å². The number of aliphatic hydroxyl groups excluding tert-OH is 1. The summed E-state index contributed by atoms with van der Waals surface area (Å²) in [6, 6.07) is 3.14. The molecule has 0 atom stereocenters. The van der Waals surface area contributed by atoms with Crippen molar-refractivity contribution >= 4 is 11.8 Å². The molecule has 1 aliphatic rings. The number of hydrogen-bond donors (Lipinski definition) is 3. The molecule has 0 spiro atoms. The molecule has 0 saturated heterocycles. The number of carbonyl (C=O) groups is 1. The Balaban J connectivity index is 1.77. The van der Waals surface area contributed by atoms with Crippen LogP contribution in [0, 0.1) is 5.92 Å². The minimum absolute atomic E-state index is 0.156. The van der Waals surface area contributed by atoms with Crippen LogP contribution < -0.4 is 15.4 Å². The Kier molecular flexibility index (Phi) is 5.11. The molecule has 1 aromatic heterocycles. The van der Waals surface area contributed by atoms with Crippen LogP contribution in [-0.2, 0) is 0 Å². The number of anilines is 1. The van der Waals surface area contributed by atoms with Crippen molar-refractivity contribution in [1.29, 1.82) is 0 Å². The van der Waals surface area contributed by atoms with E-state index in [4.69, 9.17) is 9.84 Å². The molecule has 3 N–H and O–H groups in total. The van der Waals surface area contributed by atoms with Crippen molar-refractivity contribution in [3.05, 3.63) is 12.1 Å². The van der Waals surface area contributed by atoms with Gasteiger partial charge in [-0.3, -0.25) is 5.32 Å². The third kappa shape index (κ3) is 4.06. The van der Waals surface area contributed by atoms with Gasteiger partial charge >= 0.3 is 6.03 Å². The van der Waals surface area contributed by atoms with Gasteiger partial charge in [0.05, 0.1) is 7.11 Å². The lowest BCUT2D eigenvalue weighted by Gasteiger charge is -2.27. The van der Waals surface area contributed by atoms with E-state index >= 15 is 0 Å². The van der Waals surface area contributed by atoms with Crippen molar-refractivity contribution in [3.8, 4) is 5.88 Å². The monoisotopic (exact) mass is 280 g/mol. The number of ether oxygens (including phenoxy) is 1. The number of nitrogens with one attached hydrogen (secondary N) is 2. The second-order valence-corrected chi connectivity index (χ2v) is 4.96. The fraction of sp³-hybridized carbons (Fsp3) is 0.615.